The number of amides is 4. The van der Waals surface area contributed by atoms with Gasteiger partial charge in [0.2, 0.25) is 11.8 Å². The number of fused-ring (bicyclic) bond motifs is 3. The Morgan fingerprint density at radius 1 is 1.41 bits per heavy atom. The fraction of sp³-hybridized carbons (Fsp3) is 0.381. The van der Waals surface area contributed by atoms with Crippen molar-refractivity contribution in [3.05, 3.63) is 42.1 Å². The van der Waals surface area contributed by atoms with Gasteiger partial charge < -0.3 is 19.9 Å². The van der Waals surface area contributed by atoms with Gasteiger partial charge in [-0.3, -0.25) is 14.5 Å². The summed E-state index contributed by atoms with van der Waals surface area (Å²) in [6.45, 7) is 8.56. The highest BCUT2D eigenvalue weighted by molar-refractivity contribution is 5.93. The maximum absolute atomic E-state index is 12.5. The smallest absolute Gasteiger partial charge is 0.326 e. The van der Waals surface area contributed by atoms with E-state index in [4.69, 9.17) is 4.74 Å². The highest BCUT2D eigenvalue weighted by atomic mass is 16.5. The van der Waals surface area contributed by atoms with Crippen LogP contribution in [0, 0.1) is 0 Å². The summed E-state index contributed by atoms with van der Waals surface area (Å²) in [6.07, 6.45) is 1.22. The second-order valence-electron chi connectivity index (χ2n) is 7.21. The number of hydrogen-bond donors (Lipinski definition) is 2. The van der Waals surface area contributed by atoms with Gasteiger partial charge in [-0.15, -0.1) is 0 Å². The monoisotopic (exact) mass is 398 g/mol. The predicted octanol–water partition coefficient (Wildman–Crippen LogP) is 2.37. The fourth-order valence-corrected chi connectivity index (χ4v) is 3.61. The topological polar surface area (TPSA) is 94.7 Å². The van der Waals surface area contributed by atoms with Crippen LogP contribution in [0.1, 0.15) is 31.0 Å². The summed E-state index contributed by atoms with van der Waals surface area (Å²) in [5, 5.41) is 3.73. The summed E-state index contributed by atoms with van der Waals surface area (Å²) in [6, 6.07) is 5.51. The first-order chi connectivity index (χ1) is 13.8. The van der Waals surface area contributed by atoms with Gasteiger partial charge in [0.25, 0.3) is 0 Å². The summed E-state index contributed by atoms with van der Waals surface area (Å²) in [5.41, 5.74) is 3.11. The Hall–Kier alpha value is -3.29. The second-order valence-corrected chi connectivity index (χ2v) is 7.21. The number of nitrogens with one attached hydrogen (secondary N) is 2. The standard InChI is InChI=1S/C21H26N4O4/c1-5-19(27)22-8-9-29-15-6-7-17-16(10-15)20-13(2)11-25(12-18(20)23-17)21(28)24(4)14(3)26/h5-7,10,13,23H,1,8-9,11-12H2,2-4H3,(H,22,27). The molecule has 2 N–H and O–H groups in total. The third-order valence-corrected chi connectivity index (χ3v) is 5.11. The highest BCUT2D eigenvalue weighted by Gasteiger charge is 2.31. The molecule has 1 aromatic heterocycles. The van der Waals surface area contributed by atoms with Crippen molar-refractivity contribution in [1.82, 2.24) is 20.1 Å². The second kappa shape index (κ2) is 8.38. The van der Waals surface area contributed by atoms with Gasteiger partial charge in [-0.25, -0.2) is 4.79 Å². The van der Waals surface area contributed by atoms with Crippen LogP contribution in [-0.2, 0) is 16.1 Å². The maximum Gasteiger partial charge on any atom is 0.326 e. The minimum atomic E-state index is -0.292. The molecule has 1 unspecified atom stereocenters. The molecular weight excluding hydrogens is 372 g/mol. The minimum Gasteiger partial charge on any atom is -0.492 e. The van der Waals surface area contributed by atoms with Crippen LogP contribution in [0.25, 0.3) is 10.9 Å². The summed E-state index contributed by atoms with van der Waals surface area (Å²) >= 11 is 0. The van der Waals surface area contributed by atoms with E-state index in [9.17, 15) is 14.4 Å². The minimum absolute atomic E-state index is 0.110. The molecule has 29 heavy (non-hydrogen) atoms. The molecule has 0 spiro atoms. The van der Waals surface area contributed by atoms with E-state index in [1.807, 2.05) is 18.2 Å². The number of imide groups is 1. The molecule has 0 saturated heterocycles. The lowest BCUT2D eigenvalue weighted by atomic mass is 9.93. The number of hydrogen-bond acceptors (Lipinski definition) is 4. The SMILES string of the molecule is C=CC(=O)NCCOc1ccc2[nH]c3c(c2c1)C(C)CN(C(=O)N(C)C(C)=O)C3. The Kier molecular flexibility index (Phi) is 5.91. The fourth-order valence-electron chi connectivity index (χ4n) is 3.61. The number of aromatic nitrogens is 1. The van der Waals surface area contributed by atoms with Gasteiger partial charge in [0, 0.05) is 43.0 Å². The Balaban J connectivity index is 1.76. The molecule has 2 heterocycles. The molecule has 154 valence electrons. The van der Waals surface area contributed by atoms with Crippen molar-refractivity contribution in [2.75, 3.05) is 26.7 Å². The van der Waals surface area contributed by atoms with Crippen LogP contribution in [0.15, 0.2) is 30.9 Å². The molecule has 1 aromatic carbocycles. The molecular formula is C21H26N4O4. The number of urea groups is 1. The number of benzene rings is 1. The molecule has 0 bridgehead atoms. The van der Waals surface area contributed by atoms with Crippen LogP contribution in [0.5, 0.6) is 5.75 Å². The van der Waals surface area contributed by atoms with E-state index in [2.05, 4.69) is 23.8 Å². The van der Waals surface area contributed by atoms with Gasteiger partial charge in [0.15, 0.2) is 0 Å². The van der Waals surface area contributed by atoms with Gasteiger partial charge in [-0.05, 0) is 29.8 Å². The Morgan fingerprint density at radius 3 is 2.86 bits per heavy atom. The van der Waals surface area contributed by atoms with E-state index < -0.39 is 0 Å². The average molecular weight is 398 g/mol. The third-order valence-electron chi connectivity index (χ3n) is 5.11. The summed E-state index contributed by atoms with van der Waals surface area (Å²) in [4.78, 5) is 41.5. The molecule has 2 aromatic rings. The summed E-state index contributed by atoms with van der Waals surface area (Å²) in [5.74, 6) is 0.316. The average Bonchev–Trinajstić information content (AvgIpc) is 3.07. The number of H-pyrrole nitrogens is 1. The first-order valence-corrected chi connectivity index (χ1v) is 9.52. The van der Waals surface area contributed by atoms with E-state index in [0.29, 0.717) is 32.0 Å². The quantitative estimate of drug-likeness (QED) is 0.597. The van der Waals surface area contributed by atoms with Crippen molar-refractivity contribution >= 4 is 28.7 Å². The maximum atomic E-state index is 12.5. The Labute approximate surface area is 169 Å². The molecule has 8 nitrogen and oxygen atoms in total. The molecule has 0 aliphatic carbocycles. The van der Waals surface area contributed by atoms with Gasteiger partial charge in [0.1, 0.15) is 12.4 Å². The van der Waals surface area contributed by atoms with Crippen LogP contribution < -0.4 is 10.1 Å². The van der Waals surface area contributed by atoms with Crippen LogP contribution in [-0.4, -0.2) is 59.4 Å². The molecule has 8 heteroatoms. The normalized spacial score (nSPS) is 15.6. The third kappa shape index (κ3) is 4.26. The lowest BCUT2D eigenvalue weighted by molar-refractivity contribution is -0.125. The van der Waals surface area contributed by atoms with Crippen molar-refractivity contribution in [3.63, 3.8) is 0 Å². The van der Waals surface area contributed by atoms with Crippen LogP contribution >= 0.6 is 0 Å². The van der Waals surface area contributed by atoms with Crippen molar-refractivity contribution in [3.8, 4) is 5.75 Å². The van der Waals surface area contributed by atoms with E-state index in [0.717, 1.165) is 21.5 Å². The van der Waals surface area contributed by atoms with Crippen LogP contribution in [0.2, 0.25) is 0 Å². The van der Waals surface area contributed by atoms with Gasteiger partial charge in [0.05, 0.1) is 13.1 Å². The van der Waals surface area contributed by atoms with Crippen molar-refractivity contribution in [1.29, 1.82) is 0 Å². The van der Waals surface area contributed by atoms with E-state index in [1.54, 1.807) is 4.90 Å². The molecule has 1 aliphatic heterocycles. The van der Waals surface area contributed by atoms with Gasteiger partial charge in [-0.1, -0.05) is 13.5 Å². The number of carbonyl (C=O) groups is 3. The van der Waals surface area contributed by atoms with Gasteiger partial charge >= 0.3 is 6.03 Å². The summed E-state index contributed by atoms with van der Waals surface area (Å²) < 4.78 is 5.75. The summed E-state index contributed by atoms with van der Waals surface area (Å²) in [7, 11) is 1.50. The van der Waals surface area contributed by atoms with E-state index >= 15 is 0 Å². The largest absolute Gasteiger partial charge is 0.492 e. The predicted molar refractivity (Wildman–Crippen MR) is 110 cm³/mol. The first-order valence-electron chi connectivity index (χ1n) is 9.52. The molecule has 1 atom stereocenters. The molecule has 0 fully saturated rings. The number of ether oxygens (including phenoxy) is 1. The zero-order chi connectivity index (χ0) is 21.1. The number of rotatable bonds is 5. The lowest BCUT2D eigenvalue weighted by Crippen LogP contribution is -2.46. The molecule has 3 rings (SSSR count). The van der Waals surface area contributed by atoms with Crippen molar-refractivity contribution in [2.24, 2.45) is 0 Å². The van der Waals surface area contributed by atoms with E-state index in [-0.39, 0.29) is 23.8 Å². The first kappa shape index (κ1) is 20.4. The van der Waals surface area contributed by atoms with Crippen LogP contribution in [0.4, 0.5) is 4.79 Å². The Morgan fingerprint density at radius 2 is 2.17 bits per heavy atom. The molecule has 4 amide bonds. The van der Waals surface area contributed by atoms with Crippen LogP contribution in [0.3, 0.4) is 0 Å². The molecule has 0 saturated carbocycles. The number of aromatic amines is 1. The number of nitrogens with zero attached hydrogens (tertiary/aromatic N) is 2. The zero-order valence-electron chi connectivity index (χ0n) is 16.9. The zero-order valence-corrected chi connectivity index (χ0v) is 16.9. The lowest BCUT2D eigenvalue weighted by Gasteiger charge is -2.33. The van der Waals surface area contributed by atoms with Crippen molar-refractivity contribution in [2.45, 2.75) is 26.3 Å². The molecule has 1 aliphatic rings. The Bertz CT molecular complexity index is 965. The van der Waals surface area contributed by atoms with E-state index in [1.165, 1.54) is 25.6 Å². The highest BCUT2D eigenvalue weighted by Crippen LogP contribution is 2.36. The molecule has 0 radical (unpaired) electrons. The van der Waals surface area contributed by atoms with Gasteiger partial charge in [-0.2, -0.15) is 0 Å². The van der Waals surface area contributed by atoms with Crippen molar-refractivity contribution < 1.29 is 19.1 Å². The number of carbonyl (C=O) groups excluding carboxylic acids is 3.